The molecule has 0 radical (unpaired) electrons. The lowest BCUT2D eigenvalue weighted by atomic mass is 9.92. The number of nitrogens with one attached hydrogen (secondary N) is 1. The third kappa shape index (κ3) is 4.48. The van der Waals surface area contributed by atoms with Crippen LogP contribution in [0.3, 0.4) is 0 Å². The lowest BCUT2D eigenvalue weighted by Crippen LogP contribution is -2.53. The minimum absolute atomic E-state index is 0.0673. The van der Waals surface area contributed by atoms with Crippen molar-refractivity contribution in [1.29, 1.82) is 0 Å². The van der Waals surface area contributed by atoms with Gasteiger partial charge in [-0.2, -0.15) is 22.5 Å². The second-order valence-corrected chi connectivity index (χ2v) is 7.72. The number of ether oxygens (including phenoxy) is 1. The maximum Gasteiger partial charge on any atom is 0.392 e. The molecule has 30 heavy (non-hydrogen) atoms. The molecule has 1 atom stereocenters. The van der Waals surface area contributed by atoms with E-state index in [1.165, 1.54) is 16.0 Å². The Hall–Kier alpha value is -2.89. The van der Waals surface area contributed by atoms with E-state index in [1.54, 1.807) is 24.4 Å². The van der Waals surface area contributed by atoms with E-state index in [0.29, 0.717) is 17.5 Å². The SMILES string of the molecule is C=CC(Nc1nc2c(OCCC(F)(F)F)cccn2n1)C1CN(c2nc(C)ns2)C1. The average Bonchev–Trinajstić information content (AvgIpc) is 3.25. The molecule has 1 fully saturated rings. The average molecular weight is 439 g/mol. The van der Waals surface area contributed by atoms with Gasteiger partial charge in [-0.3, -0.25) is 0 Å². The molecule has 0 amide bonds. The smallest absolute Gasteiger partial charge is 0.392 e. The van der Waals surface area contributed by atoms with Crippen LogP contribution in [0.1, 0.15) is 12.2 Å². The summed E-state index contributed by atoms with van der Waals surface area (Å²) in [5, 5.41) is 8.50. The van der Waals surface area contributed by atoms with Gasteiger partial charge >= 0.3 is 6.18 Å². The minimum Gasteiger partial charge on any atom is -0.489 e. The first kappa shape index (κ1) is 20.4. The normalized spacial score (nSPS) is 15.8. The molecule has 0 spiro atoms. The molecule has 3 aromatic heterocycles. The van der Waals surface area contributed by atoms with Gasteiger partial charge in [0, 0.05) is 36.7 Å². The first-order chi connectivity index (χ1) is 14.3. The van der Waals surface area contributed by atoms with Gasteiger partial charge in [0.2, 0.25) is 11.1 Å². The summed E-state index contributed by atoms with van der Waals surface area (Å²) < 4.78 is 48.1. The molecule has 4 heterocycles. The molecule has 160 valence electrons. The van der Waals surface area contributed by atoms with Crippen LogP contribution in [0.4, 0.5) is 24.3 Å². The van der Waals surface area contributed by atoms with Crippen molar-refractivity contribution in [3.63, 3.8) is 0 Å². The lowest BCUT2D eigenvalue weighted by molar-refractivity contribution is -0.139. The van der Waals surface area contributed by atoms with Crippen molar-refractivity contribution in [1.82, 2.24) is 24.0 Å². The van der Waals surface area contributed by atoms with E-state index < -0.39 is 19.2 Å². The molecule has 1 unspecified atom stereocenters. The van der Waals surface area contributed by atoms with Gasteiger partial charge in [-0.25, -0.2) is 9.50 Å². The first-order valence-corrected chi connectivity index (χ1v) is 10.1. The van der Waals surface area contributed by atoms with E-state index in [-0.39, 0.29) is 11.8 Å². The summed E-state index contributed by atoms with van der Waals surface area (Å²) in [6.45, 7) is 6.89. The largest absolute Gasteiger partial charge is 0.489 e. The van der Waals surface area contributed by atoms with Crippen LogP contribution in [0.2, 0.25) is 0 Å². The minimum atomic E-state index is -4.27. The highest BCUT2D eigenvalue weighted by Gasteiger charge is 2.34. The molecule has 1 aliphatic heterocycles. The predicted molar refractivity (Wildman–Crippen MR) is 107 cm³/mol. The highest BCUT2D eigenvalue weighted by molar-refractivity contribution is 7.09. The van der Waals surface area contributed by atoms with Gasteiger partial charge in [0.25, 0.3) is 0 Å². The Kier molecular flexibility index (Phi) is 5.50. The Labute approximate surface area is 174 Å². The standard InChI is InChI=1S/C18H20F3N7OS/c1-3-13(12-9-27(10-12)17-22-11(2)26-30-17)23-16-24-15-14(5-4-7-28(15)25-16)29-8-6-18(19,20)21/h3-5,7,12-13H,1,6,8-10H2,2H3,(H,23,25). The molecule has 0 aliphatic carbocycles. The number of anilines is 2. The molecule has 1 N–H and O–H groups in total. The van der Waals surface area contributed by atoms with Crippen LogP contribution in [0.15, 0.2) is 31.0 Å². The van der Waals surface area contributed by atoms with Crippen molar-refractivity contribution >= 4 is 28.3 Å². The molecule has 3 aromatic rings. The van der Waals surface area contributed by atoms with E-state index in [9.17, 15) is 13.2 Å². The number of fused-ring (bicyclic) bond motifs is 1. The van der Waals surface area contributed by atoms with Crippen LogP contribution in [-0.2, 0) is 0 Å². The van der Waals surface area contributed by atoms with E-state index in [4.69, 9.17) is 4.74 Å². The third-order valence-electron chi connectivity index (χ3n) is 4.72. The van der Waals surface area contributed by atoms with Crippen molar-refractivity contribution in [3.8, 4) is 5.75 Å². The second kappa shape index (κ2) is 8.09. The monoisotopic (exact) mass is 439 g/mol. The molecule has 0 bridgehead atoms. The van der Waals surface area contributed by atoms with Gasteiger partial charge in [0.15, 0.2) is 11.4 Å². The van der Waals surface area contributed by atoms with Crippen molar-refractivity contribution in [2.24, 2.45) is 5.92 Å². The van der Waals surface area contributed by atoms with Crippen molar-refractivity contribution in [2.75, 3.05) is 29.9 Å². The summed E-state index contributed by atoms with van der Waals surface area (Å²) in [6, 6.07) is 3.15. The van der Waals surface area contributed by atoms with E-state index in [1.807, 2.05) is 6.92 Å². The van der Waals surface area contributed by atoms with Crippen molar-refractivity contribution < 1.29 is 17.9 Å². The van der Waals surface area contributed by atoms with Crippen LogP contribution >= 0.6 is 11.5 Å². The Morgan fingerprint density at radius 3 is 2.87 bits per heavy atom. The van der Waals surface area contributed by atoms with Crippen molar-refractivity contribution in [3.05, 3.63) is 36.8 Å². The fourth-order valence-electron chi connectivity index (χ4n) is 3.16. The van der Waals surface area contributed by atoms with E-state index in [0.717, 1.165) is 24.0 Å². The summed E-state index contributed by atoms with van der Waals surface area (Å²) in [4.78, 5) is 10.9. The van der Waals surface area contributed by atoms with Crippen LogP contribution in [-0.4, -0.2) is 55.9 Å². The molecule has 0 aromatic carbocycles. The highest BCUT2D eigenvalue weighted by atomic mass is 32.1. The molecular formula is C18H20F3N7OS. The Balaban J connectivity index is 1.40. The molecule has 0 saturated carbocycles. The van der Waals surface area contributed by atoms with Crippen molar-refractivity contribution in [2.45, 2.75) is 25.6 Å². The molecule has 4 rings (SSSR count). The highest BCUT2D eigenvalue weighted by Crippen LogP contribution is 2.29. The quantitative estimate of drug-likeness (QED) is 0.540. The Morgan fingerprint density at radius 1 is 1.40 bits per heavy atom. The molecule has 12 heteroatoms. The van der Waals surface area contributed by atoms with Gasteiger partial charge < -0.3 is 15.0 Å². The van der Waals surface area contributed by atoms with Gasteiger partial charge in [-0.1, -0.05) is 6.08 Å². The number of rotatable bonds is 8. The van der Waals surface area contributed by atoms with Crippen LogP contribution in [0.25, 0.3) is 5.65 Å². The molecule has 1 saturated heterocycles. The molecular weight excluding hydrogens is 419 g/mol. The maximum absolute atomic E-state index is 12.4. The summed E-state index contributed by atoms with van der Waals surface area (Å²) in [5.74, 6) is 1.66. The van der Waals surface area contributed by atoms with E-state index in [2.05, 4.69) is 36.2 Å². The number of pyridine rings is 1. The van der Waals surface area contributed by atoms with Crippen LogP contribution in [0.5, 0.6) is 5.75 Å². The Bertz CT molecular complexity index is 1030. The van der Waals surface area contributed by atoms with Gasteiger partial charge in [0.05, 0.1) is 19.1 Å². The van der Waals surface area contributed by atoms with Gasteiger partial charge in [0.1, 0.15) is 5.82 Å². The number of alkyl halides is 3. The Morgan fingerprint density at radius 2 is 2.20 bits per heavy atom. The zero-order valence-electron chi connectivity index (χ0n) is 16.1. The lowest BCUT2D eigenvalue weighted by Gasteiger charge is -2.42. The summed E-state index contributed by atoms with van der Waals surface area (Å²) >= 11 is 1.38. The van der Waals surface area contributed by atoms with Crippen LogP contribution in [0, 0.1) is 12.8 Å². The maximum atomic E-state index is 12.4. The zero-order valence-corrected chi connectivity index (χ0v) is 16.9. The summed E-state index contributed by atoms with van der Waals surface area (Å²) in [7, 11) is 0. The number of hydrogen-bond donors (Lipinski definition) is 1. The van der Waals surface area contributed by atoms with Gasteiger partial charge in [-0.15, -0.1) is 11.7 Å². The first-order valence-electron chi connectivity index (χ1n) is 9.31. The fraction of sp³-hybridized carbons (Fsp3) is 0.444. The zero-order chi connectivity index (χ0) is 21.3. The number of nitrogens with zero attached hydrogens (tertiary/aromatic N) is 6. The van der Waals surface area contributed by atoms with E-state index >= 15 is 0 Å². The fourth-order valence-corrected chi connectivity index (χ4v) is 3.85. The molecule has 8 nitrogen and oxygen atoms in total. The predicted octanol–water partition coefficient (Wildman–Crippen LogP) is 3.32. The summed E-state index contributed by atoms with van der Waals surface area (Å²) in [6.07, 6.45) is -1.83. The van der Waals surface area contributed by atoms with Crippen LogP contribution < -0.4 is 15.0 Å². The molecule has 1 aliphatic rings. The second-order valence-electron chi connectivity index (χ2n) is 6.98. The number of aryl methyl sites for hydroxylation is 1. The third-order valence-corrected chi connectivity index (χ3v) is 5.59. The van der Waals surface area contributed by atoms with Gasteiger partial charge in [-0.05, 0) is 19.1 Å². The number of halogens is 3. The number of aromatic nitrogens is 5. The number of hydrogen-bond acceptors (Lipinski definition) is 8. The summed E-state index contributed by atoms with van der Waals surface area (Å²) in [5.41, 5.74) is 0.351. The topological polar surface area (TPSA) is 80.5 Å².